The molecule has 30 nitrogen and oxygen atoms in total. The molecule has 3 unspecified atom stereocenters. The number of para-hydroxylation sites is 3. The highest BCUT2D eigenvalue weighted by atomic mass is 16.5. The van der Waals surface area contributed by atoms with Crippen LogP contribution >= 0.6 is 0 Å². The lowest BCUT2D eigenvalue weighted by Crippen LogP contribution is -2.46. The number of primary amides is 3. The van der Waals surface area contributed by atoms with E-state index in [-0.39, 0.29) is 35.8 Å². The van der Waals surface area contributed by atoms with E-state index in [2.05, 4.69) is 67.7 Å². The van der Waals surface area contributed by atoms with Gasteiger partial charge in [0.05, 0.1) is 31.3 Å². The van der Waals surface area contributed by atoms with Crippen LogP contribution < -0.4 is 52.7 Å². The van der Waals surface area contributed by atoms with Crippen LogP contribution in [0.2, 0.25) is 0 Å². The summed E-state index contributed by atoms with van der Waals surface area (Å²) in [6.45, 7) is 29.9. The predicted molar refractivity (Wildman–Crippen MR) is 469 cm³/mol. The molecule has 6 amide bonds. The first kappa shape index (κ1) is 86.4. The Kier molecular flexibility index (Phi) is 30.3. The summed E-state index contributed by atoms with van der Waals surface area (Å²) in [6.07, 6.45) is 9.00. The molecule has 6 saturated heterocycles. The highest BCUT2D eigenvalue weighted by Crippen LogP contribution is 2.40. The van der Waals surface area contributed by atoms with Crippen LogP contribution in [0.3, 0.4) is 0 Å². The van der Waals surface area contributed by atoms with Gasteiger partial charge in [-0.1, -0.05) is 74.3 Å². The molecule has 3 aromatic heterocycles. The van der Waals surface area contributed by atoms with Crippen LogP contribution in [0, 0.1) is 0 Å². The second-order valence-electron chi connectivity index (χ2n) is 30.8. The Morgan fingerprint density at radius 3 is 0.992 bits per heavy atom. The van der Waals surface area contributed by atoms with Crippen molar-refractivity contribution in [1.82, 2.24) is 69.0 Å². The second-order valence-corrected chi connectivity index (χ2v) is 30.8. The predicted octanol–water partition coefficient (Wildman–Crippen LogP) is 10.1. The summed E-state index contributed by atoms with van der Waals surface area (Å²) >= 11 is 0. The molecule has 6 aliphatic rings. The Labute approximate surface area is 706 Å². The van der Waals surface area contributed by atoms with Crippen molar-refractivity contribution < 1.29 is 47.7 Å². The zero-order chi connectivity index (χ0) is 84.6. The Bertz CT molecular complexity index is 4760. The largest absolute Gasteiger partial charge is 0.457 e. The van der Waals surface area contributed by atoms with Crippen LogP contribution in [-0.4, -0.2) is 263 Å². The number of ether oxygens (including phenoxy) is 4. The van der Waals surface area contributed by atoms with Crippen LogP contribution in [-0.2, 0) is 19.1 Å². The molecule has 0 radical (unpaired) electrons. The van der Waals surface area contributed by atoms with Gasteiger partial charge in [-0.05, 0) is 173 Å². The molecule has 30 heteroatoms. The van der Waals surface area contributed by atoms with Crippen LogP contribution in [0.15, 0.2) is 202 Å². The molecule has 15 rings (SSSR count). The van der Waals surface area contributed by atoms with Crippen LogP contribution in [0.1, 0.15) is 87.7 Å². The lowest BCUT2D eigenvalue weighted by molar-refractivity contribution is -0.128. The summed E-state index contributed by atoms with van der Waals surface area (Å²) in [5, 5.41) is 28.7. The molecule has 0 bridgehead atoms. The Morgan fingerprint density at radius 1 is 0.405 bits per heavy atom. The summed E-state index contributed by atoms with van der Waals surface area (Å²) in [6, 6.07) is 50.8. The van der Waals surface area contributed by atoms with Gasteiger partial charge in [-0.15, -0.1) is 0 Å². The summed E-state index contributed by atoms with van der Waals surface area (Å²) in [7, 11) is 2.14. The number of anilines is 3. The fourth-order valence-electron chi connectivity index (χ4n) is 16.1. The van der Waals surface area contributed by atoms with Crippen LogP contribution in [0.25, 0.3) is 33.8 Å². The standard InChI is InChI=1S/C31H39N7O3.C30H37N7O3.C30H36N6O4/c1-3-27(39)37-16-7-8-24(22-37)38-31(33-15-17-36-20-18-35(2)19-21-36)28(30(32)40)29(34-38)23-11-13-26(14-12-23)41-25-9-5-4-6-10-25;1-2-26(38)36-17-6-7-23(21-36)37-30(33-16-20-35-18-14-32-15-19-35)27(29(31)39)28(34-37)22-10-12-25(13-11-22)40-24-8-4-3-5-9-24;1-2-26(37)35-15-6-7-23(21-35)36-30(32-14-16-34-17-19-39-20-18-34)27(29(31)38)28(33-36)22-10-12-25(13-11-22)40-24-8-4-3-5-9-24/h3-6,9-14,24,33H,1,7-8,15-22H2,2H3,(H2,32,40);2-5,8-13,23,32-33H,1,6-7,14-21H2,(H2,31,39);2-5,8-13,23,32H,1,6-7,14-21H2,(H2,31,38). The van der Waals surface area contributed by atoms with Gasteiger partial charge < -0.3 is 77.0 Å². The van der Waals surface area contributed by atoms with Gasteiger partial charge in [0.25, 0.3) is 17.7 Å². The van der Waals surface area contributed by atoms with Gasteiger partial charge in [0.15, 0.2) is 0 Å². The summed E-state index contributed by atoms with van der Waals surface area (Å²) in [5.74, 6) is 4.05. The molecule has 6 aliphatic heterocycles. The third-order valence-electron chi connectivity index (χ3n) is 22.5. The molecule has 121 heavy (non-hydrogen) atoms. The van der Waals surface area contributed by atoms with Gasteiger partial charge in [-0.2, -0.15) is 15.3 Å². The maximum atomic E-state index is 13.0. The average molecular weight is 1650 g/mol. The molecule has 0 saturated carbocycles. The molecule has 0 spiro atoms. The zero-order valence-corrected chi connectivity index (χ0v) is 69.0. The maximum absolute atomic E-state index is 13.0. The number of aromatic nitrogens is 6. The first-order valence-corrected chi connectivity index (χ1v) is 41.9. The minimum Gasteiger partial charge on any atom is -0.457 e. The van der Waals surface area contributed by atoms with E-state index in [1.807, 2.05) is 178 Å². The van der Waals surface area contributed by atoms with Gasteiger partial charge in [0.1, 0.15) is 85.7 Å². The number of carbonyl (C=O) groups excluding carboxylic acids is 6. The zero-order valence-electron chi connectivity index (χ0n) is 69.0. The lowest BCUT2D eigenvalue weighted by Gasteiger charge is -2.33. The van der Waals surface area contributed by atoms with Crippen molar-refractivity contribution in [2.75, 3.05) is 180 Å². The highest BCUT2D eigenvalue weighted by molar-refractivity contribution is 6.05. The van der Waals surface area contributed by atoms with Crippen molar-refractivity contribution in [3.63, 3.8) is 0 Å². The molecular formula is C91H112N20O10. The quantitative estimate of drug-likeness (QED) is 0.0206. The SMILES string of the molecule is C=CC(=O)N1CCCC(n2nc(-c3ccc(Oc4ccccc4)cc3)c(C(N)=O)c2NCCN2CCN(C)CC2)C1.C=CC(=O)N1CCCC(n2nc(-c3ccc(Oc4ccccc4)cc3)c(C(N)=O)c2NCCN2CCNCC2)C1.C=CC(=O)N1CCCC(n2nc(-c3ccc(Oc4ccccc4)cc3)c(C(N)=O)c2NCCN2CCOCC2)C1. The topological polar surface area (TPSA) is 342 Å². The fraction of sp³-hybridized carbons (Fsp3) is 0.374. The molecule has 3 atom stereocenters. The van der Waals surface area contributed by atoms with Crippen molar-refractivity contribution in [2.24, 2.45) is 17.2 Å². The maximum Gasteiger partial charge on any atom is 0.254 e. The fourth-order valence-corrected chi connectivity index (χ4v) is 16.1. The Balaban J connectivity index is 0.000000157. The number of nitrogens with two attached hydrogens (primary N) is 3. The van der Waals surface area contributed by atoms with Gasteiger partial charge in [0, 0.05) is 161 Å². The number of nitrogens with one attached hydrogen (secondary N) is 4. The summed E-state index contributed by atoms with van der Waals surface area (Å²) in [5.41, 5.74) is 22.8. The average Bonchev–Trinajstić information content (AvgIpc) is 1.63. The van der Waals surface area contributed by atoms with Gasteiger partial charge in [-0.3, -0.25) is 43.5 Å². The minimum atomic E-state index is -0.561. The number of carbonyl (C=O) groups is 6. The number of likely N-dealkylation sites (tertiary alicyclic amines) is 3. The van der Waals surface area contributed by atoms with Gasteiger partial charge in [0.2, 0.25) is 17.7 Å². The van der Waals surface area contributed by atoms with Crippen molar-refractivity contribution in [3.8, 4) is 68.3 Å². The number of piperazine rings is 2. The summed E-state index contributed by atoms with van der Waals surface area (Å²) in [4.78, 5) is 90.8. The lowest BCUT2D eigenvalue weighted by atomic mass is 10.0. The number of likely N-dealkylation sites (N-methyl/N-ethyl adjacent to an activating group) is 1. The molecule has 9 heterocycles. The smallest absolute Gasteiger partial charge is 0.254 e. The van der Waals surface area contributed by atoms with Gasteiger partial charge in [-0.25, -0.2) is 14.0 Å². The van der Waals surface area contributed by atoms with E-state index in [0.717, 1.165) is 158 Å². The molecule has 6 aromatic carbocycles. The number of nitrogens with zero attached hydrogens (tertiary/aromatic N) is 13. The first-order chi connectivity index (χ1) is 59.0. The monoisotopic (exact) mass is 1640 g/mol. The molecule has 636 valence electrons. The number of hydrogen-bond donors (Lipinski definition) is 7. The number of amides is 6. The minimum absolute atomic E-state index is 0.101. The number of piperidine rings is 3. The van der Waals surface area contributed by atoms with Crippen LogP contribution in [0.4, 0.5) is 17.5 Å². The normalized spacial score (nSPS) is 17.9. The van der Waals surface area contributed by atoms with E-state index in [4.69, 9.17) is 51.4 Å². The van der Waals surface area contributed by atoms with E-state index < -0.39 is 17.7 Å². The third kappa shape index (κ3) is 22.7. The van der Waals surface area contributed by atoms with Gasteiger partial charge >= 0.3 is 0 Å². The second kappa shape index (κ2) is 42.5. The van der Waals surface area contributed by atoms with E-state index in [1.54, 1.807) is 14.7 Å². The van der Waals surface area contributed by atoms with Crippen molar-refractivity contribution in [1.29, 1.82) is 0 Å². The van der Waals surface area contributed by atoms with E-state index in [0.29, 0.717) is 141 Å². The Hall–Kier alpha value is -12.5. The summed E-state index contributed by atoms with van der Waals surface area (Å²) < 4.78 is 28.9. The number of rotatable bonds is 30. The molecule has 9 aromatic rings. The van der Waals surface area contributed by atoms with E-state index >= 15 is 0 Å². The number of hydrogen-bond acceptors (Lipinski definition) is 21. The number of benzene rings is 6. The van der Waals surface area contributed by atoms with Crippen molar-refractivity contribution >= 4 is 52.9 Å². The van der Waals surface area contributed by atoms with E-state index in [1.165, 1.54) is 18.2 Å². The van der Waals surface area contributed by atoms with Crippen molar-refractivity contribution in [3.05, 3.63) is 218 Å². The molecular weight excluding hydrogens is 1530 g/mol. The first-order valence-electron chi connectivity index (χ1n) is 41.9. The van der Waals surface area contributed by atoms with Crippen LogP contribution in [0.5, 0.6) is 34.5 Å². The highest BCUT2D eigenvalue weighted by Gasteiger charge is 2.36. The van der Waals surface area contributed by atoms with E-state index in [9.17, 15) is 28.8 Å². The molecule has 10 N–H and O–H groups in total. The third-order valence-corrected chi connectivity index (χ3v) is 22.5. The van der Waals surface area contributed by atoms with Crippen molar-refractivity contribution in [2.45, 2.75) is 56.7 Å². The Morgan fingerprint density at radius 2 is 0.694 bits per heavy atom. The molecule has 6 fully saturated rings. The molecule has 0 aliphatic carbocycles. The number of morpholine rings is 1.